The van der Waals surface area contributed by atoms with Crippen LogP contribution >= 0.6 is 0 Å². The predicted molar refractivity (Wildman–Crippen MR) is 161 cm³/mol. The molecule has 11 heteroatoms. The second-order valence-electron chi connectivity index (χ2n) is 9.81. The van der Waals surface area contributed by atoms with Crippen molar-refractivity contribution in [2.24, 2.45) is 0 Å². The summed E-state index contributed by atoms with van der Waals surface area (Å²) >= 11 is 0. The number of nitrogens with zero attached hydrogens (tertiary/aromatic N) is 1. The monoisotopic (exact) mass is 600 g/mol. The van der Waals surface area contributed by atoms with E-state index in [0.29, 0.717) is 28.1 Å². The number of allylic oxidation sites excluding steroid dienone is 2. The van der Waals surface area contributed by atoms with Gasteiger partial charge in [-0.05, 0) is 32.4 Å². The number of carbonyl (C=O) groups is 4. The number of methoxy groups -OCH3 is 2. The van der Waals surface area contributed by atoms with Crippen molar-refractivity contribution < 1.29 is 38.7 Å². The molecule has 0 fully saturated rings. The Balaban J connectivity index is 0.000000249. The molecule has 0 radical (unpaired) electrons. The fourth-order valence-corrected chi connectivity index (χ4v) is 4.81. The lowest BCUT2D eigenvalue weighted by Crippen LogP contribution is -2.32. The van der Waals surface area contributed by atoms with Gasteiger partial charge in [0.2, 0.25) is 0 Å². The molecule has 0 saturated heterocycles. The number of hydrogen-bond donors (Lipinski definition) is 2. The largest absolute Gasteiger partial charge is 0.481 e. The van der Waals surface area contributed by atoms with Crippen LogP contribution in [0.4, 0.5) is 5.69 Å². The number of ketones is 1. The Labute approximate surface area is 254 Å². The Bertz CT molecular complexity index is 1620. The Morgan fingerprint density at radius 1 is 0.818 bits per heavy atom. The number of aliphatic carboxylic acids is 1. The molecule has 2 N–H and O–H groups in total. The van der Waals surface area contributed by atoms with Crippen molar-refractivity contribution in [3.8, 4) is 0 Å². The molecule has 0 amide bonds. The number of benzene rings is 3. The van der Waals surface area contributed by atoms with E-state index in [1.807, 2.05) is 6.07 Å². The number of dihydropyridines is 1. The molecule has 1 aliphatic rings. The zero-order valence-corrected chi connectivity index (χ0v) is 24.8. The van der Waals surface area contributed by atoms with Gasteiger partial charge < -0.3 is 19.9 Å². The van der Waals surface area contributed by atoms with Gasteiger partial charge in [0.25, 0.3) is 5.69 Å². The van der Waals surface area contributed by atoms with Crippen LogP contribution in [-0.4, -0.2) is 47.9 Å². The molecule has 0 spiro atoms. The summed E-state index contributed by atoms with van der Waals surface area (Å²) in [5.41, 5.74) is 2.94. The molecular weight excluding hydrogens is 568 g/mol. The van der Waals surface area contributed by atoms with Gasteiger partial charge in [0, 0.05) is 34.2 Å². The first-order valence-electron chi connectivity index (χ1n) is 13.4. The number of carbonyl (C=O) groups excluding carboxylic acids is 3. The van der Waals surface area contributed by atoms with Crippen LogP contribution in [0.3, 0.4) is 0 Å². The van der Waals surface area contributed by atoms with E-state index >= 15 is 0 Å². The minimum absolute atomic E-state index is 0.0972. The number of para-hydroxylation sites is 1. The van der Waals surface area contributed by atoms with Gasteiger partial charge in [-0.25, -0.2) is 9.59 Å². The normalized spacial score (nSPS) is 13.6. The summed E-state index contributed by atoms with van der Waals surface area (Å²) in [6.07, 6.45) is 0. The summed E-state index contributed by atoms with van der Waals surface area (Å²) in [5.74, 6) is -3.94. The SMILES string of the molecule is CC(C(=O)O)c1cccc(C(=O)c2ccccc2)c1.COC(=O)C1=C(C)NC(C)=C(C(=O)OC)C1c1ccccc1[N+](=O)[O-]. The number of nitrogens with one attached hydrogen (secondary N) is 1. The van der Waals surface area contributed by atoms with Crippen LogP contribution in [0.5, 0.6) is 0 Å². The standard InChI is InChI=1S/C17H18N2O6.C16H14O3/c1-9-13(16(20)24-3)15(14(10(2)18-9)17(21)25-4)11-7-5-6-8-12(11)19(22)23;1-11(16(18)19)13-8-5-9-14(10-13)15(17)12-6-3-2-4-7-12/h5-8,15,18H,1-4H3;2-11H,1H3,(H,18,19). The first-order chi connectivity index (χ1) is 20.9. The molecule has 0 saturated carbocycles. The Kier molecular flexibility index (Phi) is 10.9. The van der Waals surface area contributed by atoms with Crippen LogP contribution in [-0.2, 0) is 23.9 Å². The second-order valence-corrected chi connectivity index (χ2v) is 9.81. The highest BCUT2D eigenvalue weighted by Gasteiger charge is 2.40. The van der Waals surface area contributed by atoms with E-state index in [2.05, 4.69) is 5.32 Å². The third-order valence-electron chi connectivity index (χ3n) is 7.07. The summed E-state index contributed by atoms with van der Waals surface area (Å²) in [7, 11) is 2.42. The lowest BCUT2D eigenvalue weighted by Gasteiger charge is -2.29. The number of carboxylic acids is 1. The maximum Gasteiger partial charge on any atom is 0.336 e. The quantitative estimate of drug-likeness (QED) is 0.151. The summed E-state index contributed by atoms with van der Waals surface area (Å²) in [6.45, 7) is 4.89. The zero-order valence-electron chi connectivity index (χ0n) is 24.8. The van der Waals surface area contributed by atoms with Crippen molar-refractivity contribution in [3.05, 3.63) is 134 Å². The summed E-state index contributed by atoms with van der Waals surface area (Å²) in [6, 6.07) is 21.7. The predicted octanol–water partition coefficient (Wildman–Crippen LogP) is 5.28. The molecule has 11 nitrogen and oxygen atoms in total. The minimum Gasteiger partial charge on any atom is -0.481 e. The van der Waals surface area contributed by atoms with E-state index in [4.69, 9.17) is 14.6 Å². The maximum absolute atomic E-state index is 12.3. The number of carboxylic acid groups (broad SMARTS) is 1. The van der Waals surface area contributed by atoms with Crippen LogP contribution in [0.1, 0.15) is 59.7 Å². The smallest absolute Gasteiger partial charge is 0.336 e. The van der Waals surface area contributed by atoms with Crippen LogP contribution in [0.25, 0.3) is 0 Å². The topological polar surface area (TPSA) is 162 Å². The van der Waals surface area contributed by atoms with Crippen molar-refractivity contribution in [1.29, 1.82) is 0 Å². The number of rotatable bonds is 8. The van der Waals surface area contributed by atoms with E-state index < -0.39 is 34.7 Å². The summed E-state index contributed by atoms with van der Waals surface area (Å²) in [4.78, 5) is 58.8. The molecule has 4 rings (SSSR count). The van der Waals surface area contributed by atoms with Crippen LogP contribution in [0.2, 0.25) is 0 Å². The molecule has 0 aromatic heterocycles. The van der Waals surface area contributed by atoms with Gasteiger partial charge in [-0.3, -0.25) is 19.7 Å². The number of hydrogen-bond acceptors (Lipinski definition) is 9. The van der Waals surface area contributed by atoms with Crippen molar-refractivity contribution in [2.45, 2.75) is 32.6 Å². The van der Waals surface area contributed by atoms with Gasteiger partial charge in [-0.15, -0.1) is 0 Å². The van der Waals surface area contributed by atoms with Crippen molar-refractivity contribution in [1.82, 2.24) is 5.32 Å². The Morgan fingerprint density at radius 2 is 1.34 bits per heavy atom. The molecule has 228 valence electrons. The molecule has 3 aromatic rings. The van der Waals surface area contributed by atoms with E-state index in [1.165, 1.54) is 32.4 Å². The Morgan fingerprint density at radius 3 is 1.86 bits per heavy atom. The van der Waals surface area contributed by atoms with E-state index in [-0.39, 0.29) is 28.2 Å². The number of esters is 2. The van der Waals surface area contributed by atoms with Gasteiger partial charge in [-0.1, -0.05) is 66.7 Å². The van der Waals surface area contributed by atoms with E-state index in [9.17, 15) is 29.3 Å². The lowest BCUT2D eigenvalue weighted by atomic mass is 9.79. The van der Waals surface area contributed by atoms with Crippen LogP contribution < -0.4 is 5.32 Å². The number of ether oxygens (including phenoxy) is 2. The molecule has 3 aromatic carbocycles. The van der Waals surface area contributed by atoms with Gasteiger partial charge in [-0.2, -0.15) is 0 Å². The highest BCUT2D eigenvalue weighted by Crippen LogP contribution is 2.42. The van der Waals surface area contributed by atoms with Crippen molar-refractivity contribution >= 4 is 29.4 Å². The fraction of sp³-hybridized carbons (Fsp3) is 0.212. The molecule has 1 atom stereocenters. The van der Waals surface area contributed by atoms with Crippen LogP contribution in [0, 0.1) is 10.1 Å². The molecule has 0 bridgehead atoms. The Hall–Kier alpha value is -5.58. The van der Waals surface area contributed by atoms with Crippen molar-refractivity contribution in [3.63, 3.8) is 0 Å². The molecule has 44 heavy (non-hydrogen) atoms. The molecule has 1 heterocycles. The number of nitro benzene ring substituents is 1. The van der Waals surface area contributed by atoms with Gasteiger partial charge in [0.15, 0.2) is 5.78 Å². The van der Waals surface area contributed by atoms with E-state index in [0.717, 1.165) is 0 Å². The number of nitro groups is 1. The van der Waals surface area contributed by atoms with Gasteiger partial charge >= 0.3 is 17.9 Å². The second kappa shape index (κ2) is 14.5. The van der Waals surface area contributed by atoms with Gasteiger partial charge in [0.05, 0.1) is 42.1 Å². The average molecular weight is 601 g/mol. The minimum atomic E-state index is -0.970. The molecular formula is C33H32N2O9. The van der Waals surface area contributed by atoms with Crippen molar-refractivity contribution in [2.75, 3.05) is 14.2 Å². The fourth-order valence-electron chi connectivity index (χ4n) is 4.81. The summed E-state index contributed by atoms with van der Waals surface area (Å²) in [5, 5.41) is 23.4. The first kappa shape index (κ1) is 32.9. The summed E-state index contributed by atoms with van der Waals surface area (Å²) < 4.78 is 9.66. The average Bonchev–Trinajstić information content (AvgIpc) is 3.03. The zero-order chi connectivity index (χ0) is 32.6. The third-order valence-corrected chi connectivity index (χ3v) is 7.07. The highest BCUT2D eigenvalue weighted by atomic mass is 16.6. The van der Waals surface area contributed by atoms with E-state index in [1.54, 1.807) is 75.4 Å². The van der Waals surface area contributed by atoms with Crippen LogP contribution in [0.15, 0.2) is 101 Å². The van der Waals surface area contributed by atoms with Gasteiger partial charge in [0.1, 0.15) is 0 Å². The highest BCUT2D eigenvalue weighted by molar-refractivity contribution is 6.09. The first-order valence-corrected chi connectivity index (χ1v) is 13.4. The molecule has 0 aliphatic carbocycles. The molecule has 1 unspecified atom stereocenters. The lowest BCUT2D eigenvalue weighted by molar-refractivity contribution is -0.385. The third kappa shape index (κ3) is 7.24. The molecule has 1 aliphatic heterocycles. The maximum atomic E-state index is 12.3.